The minimum Gasteiger partial charge on any atom is -0.495 e. The van der Waals surface area contributed by atoms with Gasteiger partial charge in [0.2, 0.25) is 11.8 Å². The number of aliphatic imine (C=N–C) groups is 1. The normalized spacial score (nSPS) is 18.4. The van der Waals surface area contributed by atoms with Gasteiger partial charge >= 0.3 is 0 Å². The summed E-state index contributed by atoms with van der Waals surface area (Å²) < 4.78 is 62.4. The van der Waals surface area contributed by atoms with E-state index in [1.165, 1.54) is 55.6 Å². The van der Waals surface area contributed by atoms with E-state index in [1.807, 2.05) is 56.5 Å². The molecule has 0 bridgehead atoms. The smallest absolute Gasteiger partial charge is 0.251 e. The number of halogens is 5. The van der Waals surface area contributed by atoms with Gasteiger partial charge in [-0.15, -0.1) is 21.5 Å². The largest absolute Gasteiger partial charge is 0.495 e. The zero-order valence-corrected chi connectivity index (χ0v) is 50.2. The Morgan fingerprint density at radius 2 is 1.48 bits per heavy atom. The molecule has 0 saturated carbocycles. The molecule has 8 rings (SSSR count). The monoisotopic (exact) mass is 1220 g/mol. The van der Waals surface area contributed by atoms with Crippen molar-refractivity contribution in [3.05, 3.63) is 155 Å². The summed E-state index contributed by atoms with van der Waals surface area (Å²) in [6, 6.07) is 19.9. The molecule has 3 amide bonds. The predicted octanol–water partition coefficient (Wildman–Crippen LogP) is 10.4. The van der Waals surface area contributed by atoms with Crippen LogP contribution in [0.4, 0.5) is 14.5 Å². The lowest BCUT2D eigenvalue weighted by molar-refractivity contribution is -0.121. The number of hydrogen-bond acceptors (Lipinski definition) is 14. The third-order valence-corrected chi connectivity index (χ3v) is 16.4. The van der Waals surface area contributed by atoms with E-state index in [2.05, 4.69) is 51.4 Å². The quantitative estimate of drug-likeness (QED) is 0.0394. The Bertz CT molecular complexity index is 3390. The van der Waals surface area contributed by atoms with E-state index >= 15 is 8.78 Å². The van der Waals surface area contributed by atoms with Gasteiger partial charge in [-0.25, -0.2) is 8.78 Å². The second kappa shape index (κ2) is 28.0. The first-order valence-corrected chi connectivity index (χ1v) is 29.0. The summed E-state index contributed by atoms with van der Waals surface area (Å²) in [6.07, 6.45) is 0.357. The van der Waals surface area contributed by atoms with Crippen molar-refractivity contribution in [1.82, 2.24) is 30.7 Å². The van der Waals surface area contributed by atoms with E-state index in [9.17, 15) is 19.6 Å². The van der Waals surface area contributed by atoms with E-state index in [4.69, 9.17) is 63.5 Å². The van der Waals surface area contributed by atoms with Crippen molar-refractivity contribution in [2.75, 3.05) is 78.4 Å². The van der Waals surface area contributed by atoms with Crippen LogP contribution in [0.1, 0.15) is 100 Å². The molecule has 440 valence electrons. The Balaban J connectivity index is 0.733. The molecule has 2 aliphatic heterocycles. The number of ether oxygens (including phenoxy) is 5. The van der Waals surface area contributed by atoms with Crippen LogP contribution in [0.3, 0.4) is 0 Å². The number of nitriles is 1. The van der Waals surface area contributed by atoms with Crippen molar-refractivity contribution in [3.63, 3.8) is 0 Å². The first-order valence-electron chi connectivity index (χ1n) is 27.0. The highest BCUT2D eigenvalue weighted by Crippen LogP contribution is 2.53. The summed E-state index contributed by atoms with van der Waals surface area (Å²) in [5, 5.41) is 33.4. The van der Waals surface area contributed by atoms with Gasteiger partial charge in [0.05, 0.1) is 94.9 Å². The summed E-state index contributed by atoms with van der Waals surface area (Å²) in [5.41, 5.74) is 1.85. The summed E-state index contributed by atoms with van der Waals surface area (Å²) in [5.74, 6) is -2.73. The van der Waals surface area contributed by atoms with Gasteiger partial charge in [0.25, 0.3) is 5.91 Å². The Morgan fingerprint density at radius 3 is 2.12 bits per heavy atom. The van der Waals surface area contributed by atoms with Crippen LogP contribution >= 0.6 is 46.1 Å². The molecule has 6 aromatic rings. The standard InChI is InChI=1S/C60H66Cl3F2N9O8S/c1-34-35(2)83-58-50(34)53(37-11-14-39(61)15-12-37)69-46(55-73-72-36(3)74(55)58)31-49(75)67-19-21-79-23-25-81-27-28-82-26-24-80-22-20-68-56(76)38-13-18-45(47(29-38)78-7)70-57(77)54-51(41-9-8-10-43(63)52(41)65)60(33-66,48(71-54)32-59(4,5)6)42-17-16-40(62)30-44(42)64/h8-18,29-30,46,48,51,54,71H,19-28,31-32H2,1-7H3,(H,67,75)(H,68,76)(H,70,77)/t46-,48+,51+,54?,60+/m0/s1. The molecule has 4 aromatic carbocycles. The van der Waals surface area contributed by atoms with Crippen molar-refractivity contribution >= 4 is 75.3 Å². The summed E-state index contributed by atoms with van der Waals surface area (Å²) in [4.78, 5) is 47.3. The maximum Gasteiger partial charge on any atom is 0.251 e. The van der Waals surface area contributed by atoms with E-state index in [0.29, 0.717) is 62.9 Å². The highest BCUT2D eigenvalue weighted by Gasteiger charge is 2.61. The highest BCUT2D eigenvalue weighted by molar-refractivity contribution is 7.15. The Kier molecular flexibility index (Phi) is 21.1. The van der Waals surface area contributed by atoms with Gasteiger partial charge in [0, 0.05) is 62.2 Å². The number of benzene rings is 4. The number of anilines is 1. The van der Waals surface area contributed by atoms with Gasteiger partial charge in [0.1, 0.15) is 39.7 Å². The van der Waals surface area contributed by atoms with E-state index in [1.54, 1.807) is 11.3 Å². The van der Waals surface area contributed by atoms with Crippen LogP contribution in [0.25, 0.3) is 5.00 Å². The van der Waals surface area contributed by atoms with Crippen molar-refractivity contribution < 1.29 is 46.8 Å². The van der Waals surface area contributed by atoms with Crippen LogP contribution in [0.2, 0.25) is 15.1 Å². The van der Waals surface area contributed by atoms with Crippen molar-refractivity contribution in [2.24, 2.45) is 10.4 Å². The first kappa shape index (κ1) is 62.7. The lowest BCUT2D eigenvalue weighted by Crippen LogP contribution is -2.45. The van der Waals surface area contributed by atoms with Crippen molar-refractivity contribution in [2.45, 2.75) is 83.8 Å². The van der Waals surface area contributed by atoms with E-state index < -0.39 is 58.3 Å². The maximum atomic E-state index is 16.2. The molecule has 0 aliphatic carbocycles. The third-order valence-electron chi connectivity index (χ3n) is 14.4. The molecule has 5 atom stereocenters. The minimum atomic E-state index is -1.82. The Hall–Kier alpha value is -6.38. The number of carbonyl (C=O) groups excluding carboxylic acids is 3. The molecule has 83 heavy (non-hydrogen) atoms. The number of aromatic nitrogens is 3. The molecule has 1 fully saturated rings. The van der Waals surface area contributed by atoms with Gasteiger partial charge in [0.15, 0.2) is 5.82 Å². The van der Waals surface area contributed by atoms with Crippen LogP contribution in [0, 0.1) is 49.2 Å². The molecule has 1 unspecified atom stereocenters. The molecular formula is C60H66Cl3F2N9O8S. The van der Waals surface area contributed by atoms with E-state index in [0.717, 1.165) is 38.3 Å². The van der Waals surface area contributed by atoms with Crippen LogP contribution < -0.4 is 26.0 Å². The topological polar surface area (TPSA) is 212 Å². The lowest BCUT2D eigenvalue weighted by Gasteiger charge is -2.37. The lowest BCUT2D eigenvalue weighted by atomic mass is 9.62. The number of fused-ring (bicyclic) bond motifs is 3. The molecule has 4 N–H and O–H groups in total. The Morgan fingerprint density at radius 1 is 0.831 bits per heavy atom. The second-order valence-corrected chi connectivity index (χ2v) is 23.7. The summed E-state index contributed by atoms with van der Waals surface area (Å²) >= 11 is 20.4. The minimum absolute atomic E-state index is 0.0491. The zero-order valence-electron chi connectivity index (χ0n) is 47.1. The SMILES string of the molecule is COc1cc(C(=O)NCCOCCOCCOCCOCCNC(=O)C[C@@H]2N=C(c3ccc(Cl)cc3)c3c(sc(C)c3C)-n3c(C)nnc32)ccc1NC(=O)C1N[C@H](CC(C)(C)C)[C@@](C#N)(c2ccc(Cl)cc2F)[C@@H]1c1cccc(Cl)c1F. The van der Waals surface area contributed by atoms with E-state index in [-0.39, 0.29) is 76.7 Å². The van der Waals surface area contributed by atoms with Crippen LogP contribution in [-0.2, 0) is 34.0 Å². The fourth-order valence-electron chi connectivity index (χ4n) is 10.4. The van der Waals surface area contributed by atoms with Gasteiger partial charge in [-0.2, -0.15) is 5.26 Å². The summed E-state index contributed by atoms with van der Waals surface area (Å²) in [7, 11) is 1.38. The second-order valence-electron chi connectivity index (χ2n) is 21.3. The van der Waals surface area contributed by atoms with Gasteiger partial charge in [-0.1, -0.05) is 85.9 Å². The van der Waals surface area contributed by atoms with Gasteiger partial charge in [-0.05, 0) is 92.3 Å². The zero-order chi connectivity index (χ0) is 59.6. The van der Waals surface area contributed by atoms with Crippen LogP contribution in [0.15, 0.2) is 83.9 Å². The molecular weight excluding hydrogens is 1150 g/mol. The molecule has 0 spiro atoms. The number of aryl methyl sites for hydroxylation is 2. The Labute approximate surface area is 500 Å². The molecule has 1 saturated heterocycles. The van der Waals surface area contributed by atoms with Crippen LogP contribution in [-0.4, -0.2) is 123 Å². The number of rotatable bonds is 25. The number of methoxy groups -OCH3 is 1. The molecule has 2 aliphatic rings. The predicted molar refractivity (Wildman–Crippen MR) is 316 cm³/mol. The fourth-order valence-corrected chi connectivity index (χ4v) is 12.1. The average Bonchev–Trinajstić information content (AvgIpc) is 3.08. The molecule has 0 radical (unpaired) electrons. The molecule has 17 nitrogen and oxygen atoms in total. The molecule has 4 heterocycles. The maximum absolute atomic E-state index is 16.2. The van der Waals surface area contributed by atoms with Gasteiger partial charge in [-0.3, -0.25) is 23.9 Å². The van der Waals surface area contributed by atoms with Crippen molar-refractivity contribution in [1.29, 1.82) is 5.26 Å². The van der Waals surface area contributed by atoms with Crippen LogP contribution in [0.5, 0.6) is 5.75 Å². The highest BCUT2D eigenvalue weighted by atomic mass is 35.5. The first-order chi connectivity index (χ1) is 39.8. The number of amides is 3. The molecule has 23 heteroatoms. The average molecular weight is 1220 g/mol. The number of nitrogens with zero attached hydrogens (tertiary/aromatic N) is 5. The molecule has 2 aromatic heterocycles. The van der Waals surface area contributed by atoms with Crippen molar-refractivity contribution in [3.8, 4) is 16.8 Å². The van der Waals surface area contributed by atoms with Gasteiger partial charge < -0.3 is 45.0 Å². The number of nitrogens with one attached hydrogen (secondary N) is 4. The number of carbonyl (C=O) groups is 3. The third kappa shape index (κ3) is 14.6. The fraction of sp³-hybridized carbons (Fsp3) is 0.417. The number of thiophene rings is 1. The number of hydrogen-bond donors (Lipinski definition) is 4. The summed E-state index contributed by atoms with van der Waals surface area (Å²) in [6.45, 7) is 14.8.